The van der Waals surface area contributed by atoms with Crippen molar-refractivity contribution in [3.8, 4) is 0 Å². The number of halogens is 3. The van der Waals surface area contributed by atoms with Crippen LogP contribution in [0.3, 0.4) is 0 Å². The third-order valence-corrected chi connectivity index (χ3v) is 10.7. The molecule has 1 saturated heterocycles. The Hall–Kier alpha value is -2.98. The minimum Gasteiger partial charge on any atom is -0.358 e. The first-order valence-corrected chi connectivity index (χ1v) is 16.6. The van der Waals surface area contributed by atoms with Crippen LogP contribution < -0.4 is 4.31 Å². The molecule has 7 nitrogen and oxygen atoms in total. The number of sulfonamides is 1. The number of hydrogen-bond acceptors (Lipinski definition) is 5. The standard InChI is InChI=1S/C32H33Cl2FN2O5S/c1-2-25(20-36(43(40,41)26-16-17-26)28-10-4-3-9-27(28)35)37-30(21-12-14-23(33)15-13-21)31(22-7-5-8-24(34)19-22)42-29(32(37)39)11-6-18-38/h3-5,7-10,12-15,18-19,25-26,29-31H,2,6,11,16-17,20H2,1H3. The van der Waals surface area contributed by atoms with Gasteiger partial charge in [0.15, 0.2) is 0 Å². The summed E-state index contributed by atoms with van der Waals surface area (Å²) in [4.78, 5) is 27.3. The number of carbonyl (C=O) groups is 2. The Balaban J connectivity index is 1.64. The summed E-state index contributed by atoms with van der Waals surface area (Å²) in [6.07, 6.45) is 0.684. The molecule has 1 amide bonds. The Bertz CT molecular complexity index is 1570. The van der Waals surface area contributed by atoms with E-state index in [9.17, 15) is 18.0 Å². The minimum absolute atomic E-state index is 0.0551. The number of aldehydes is 1. The molecule has 3 aromatic carbocycles. The van der Waals surface area contributed by atoms with Gasteiger partial charge in [0.05, 0.1) is 29.6 Å². The van der Waals surface area contributed by atoms with Gasteiger partial charge in [-0.05, 0) is 73.2 Å². The smallest absolute Gasteiger partial charge is 0.252 e. The van der Waals surface area contributed by atoms with E-state index in [1.807, 2.05) is 25.1 Å². The van der Waals surface area contributed by atoms with E-state index in [-0.39, 0.29) is 31.0 Å². The lowest BCUT2D eigenvalue weighted by atomic mass is 9.89. The average Bonchev–Trinajstić information content (AvgIpc) is 3.85. The third-order valence-electron chi connectivity index (χ3n) is 7.98. The van der Waals surface area contributed by atoms with Crippen molar-refractivity contribution >= 4 is 51.1 Å². The number of para-hydroxylation sites is 1. The van der Waals surface area contributed by atoms with Gasteiger partial charge in [-0.3, -0.25) is 9.10 Å². The molecule has 2 fully saturated rings. The number of anilines is 1. The first kappa shape index (κ1) is 31.4. The van der Waals surface area contributed by atoms with Crippen LogP contribution in [0.2, 0.25) is 10.0 Å². The fraction of sp³-hybridized carbons (Fsp3) is 0.375. The maximum atomic E-state index is 15.2. The molecule has 1 aliphatic carbocycles. The van der Waals surface area contributed by atoms with E-state index in [0.29, 0.717) is 34.9 Å². The average molecular weight is 648 g/mol. The highest BCUT2D eigenvalue weighted by Gasteiger charge is 2.48. The van der Waals surface area contributed by atoms with Crippen LogP contribution in [0.25, 0.3) is 0 Å². The van der Waals surface area contributed by atoms with Crippen molar-refractivity contribution in [2.24, 2.45) is 0 Å². The molecule has 43 heavy (non-hydrogen) atoms. The van der Waals surface area contributed by atoms with Crippen LogP contribution in [0.15, 0.2) is 72.8 Å². The van der Waals surface area contributed by atoms with Crippen LogP contribution >= 0.6 is 23.2 Å². The van der Waals surface area contributed by atoms with Crippen LogP contribution in [0.1, 0.15) is 62.3 Å². The van der Waals surface area contributed by atoms with Gasteiger partial charge in [0.25, 0.3) is 5.91 Å². The monoisotopic (exact) mass is 646 g/mol. The van der Waals surface area contributed by atoms with Crippen molar-refractivity contribution in [3.05, 3.63) is 99.8 Å². The van der Waals surface area contributed by atoms with Crippen molar-refractivity contribution in [2.45, 2.75) is 68.6 Å². The fourth-order valence-electron chi connectivity index (χ4n) is 5.66. The highest BCUT2D eigenvalue weighted by molar-refractivity contribution is 7.93. The molecular formula is C32H33Cl2FN2O5S. The number of benzene rings is 3. The summed E-state index contributed by atoms with van der Waals surface area (Å²) >= 11 is 12.6. The summed E-state index contributed by atoms with van der Waals surface area (Å²) in [5.74, 6) is -1.03. The number of ether oxygens (including phenoxy) is 1. The molecule has 1 heterocycles. The van der Waals surface area contributed by atoms with E-state index in [1.54, 1.807) is 41.3 Å². The van der Waals surface area contributed by atoms with Crippen LogP contribution in [0.4, 0.5) is 10.1 Å². The molecule has 0 aromatic heterocycles. The Morgan fingerprint density at radius 1 is 1.02 bits per heavy atom. The molecule has 0 bridgehead atoms. The van der Waals surface area contributed by atoms with E-state index in [2.05, 4.69) is 0 Å². The number of amides is 1. The molecule has 0 radical (unpaired) electrons. The second-order valence-electron chi connectivity index (χ2n) is 10.9. The zero-order chi connectivity index (χ0) is 30.7. The largest absolute Gasteiger partial charge is 0.358 e. The molecule has 0 spiro atoms. The fourth-order valence-corrected chi connectivity index (χ4v) is 7.88. The number of nitrogens with zero attached hydrogens (tertiary/aromatic N) is 2. The molecule has 11 heteroatoms. The number of carbonyl (C=O) groups excluding carboxylic acids is 2. The third kappa shape index (κ3) is 6.75. The van der Waals surface area contributed by atoms with E-state index in [4.69, 9.17) is 27.9 Å². The highest BCUT2D eigenvalue weighted by Crippen LogP contribution is 2.45. The van der Waals surface area contributed by atoms with E-state index in [1.165, 1.54) is 18.2 Å². The summed E-state index contributed by atoms with van der Waals surface area (Å²) in [5, 5.41) is 0.392. The molecule has 3 aromatic rings. The highest BCUT2D eigenvalue weighted by atomic mass is 35.5. The Kier molecular flexibility index (Phi) is 9.76. The van der Waals surface area contributed by atoms with Gasteiger partial charge in [-0.2, -0.15) is 0 Å². The normalized spacial score (nSPS) is 21.4. The quantitative estimate of drug-likeness (QED) is 0.200. The van der Waals surface area contributed by atoms with Gasteiger partial charge < -0.3 is 14.4 Å². The molecule has 228 valence electrons. The predicted molar refractivity (Wildman–Crippen MR) is 165 cm³/mol. The number of morpholine rings is 1. The van der Waals surface area contributed by atoms with Crippen molar-refractivity contribution in [1.29, 1.82) is 0 Å². The van der Waals surface area contributed by atoms with Crippen LogP contribution in [-0.4, -0.2) is 49.5 Å². The molecule has 4 unspecified atom stereocenters. The van der Waals surface area contributed by atoms with Gasteiger partial charge in [0, 0.05) is 16.5 Å². The van der Waals surface area contributed by atoms with E-state index in [0.717, 1.165) is 16.2 Å². The Labute approximate surface area is 261 Å². The van der Waals surface area contributed by atoms with Gasteiger partial charge in [0.1, 0.15) is 24.3 Å². The van der Waals surface area contributed by atoms with Crippen molar-refractivity contribution < 1.29 is 27.1 Å². The lowest BCUT2D eigenvalue weighted by Crippen LogP contribution is -2.57. The zero-order valence-electron chi connectivity index (χ0n) is 23.6. The van der Waals surface area contributed by atoms with Gasteiger partial charge in [-0.1, -0.05) is 66.5 Å². The minimum atomic E-state index is -3.91. The topological polar surface area (TPSA) is 84.0 Å². The maximum Gasteiger partial charge on any atom is 0.252 e. The Morgan fingerprint density at radius 3 is 2.37 bits per heavy atom. The predicted octanol–water partition coefficient (Wildman–Crippen LogP) is 6.90. The lowest BCUT2D eigenvalue weighted by Gasteiger charge is -2.49. The van der Waals surface area contributed by atoms with Crippen molar-refractivity contribution in [2.75, 3.05) is 10.8 Å². The first-order valence-electron chi connectivity index (χ1n) is 14.3. The summed E-state index contributed by atoms with van der Waals surface area (Å²) in [5.41, 5.74) is 1.38. The molecule has 4 atom stereocenters. The van der Waals surface area contributed by atoms with Crippen molar-refractivity contribution in [1.82, 2.24) is 4.90 Å². The summed E-state index contributed by atoms with van der Waals surface area (Å²) in [6, 6.07) is 18.6. The zero-order valence-corrected chi connectivity index (χ0v) is 25.9. The second-order valence-corrected chi connectivity index (χ2v) is 13.9. The van der Waals surface area contributed by atoms with Crippen molar-refractivity contribution in [3.63, 3.8) is 0 Å². The van der Waals surface area contributed by atoms with E-state index >= 15 is 4.39 Å². The second kappa shape index (κ2) is 13.3. The molecule has 1 aliphatic heterocycles. The molecule has 5 rings (SSSR count). The summed E-state index contributed by atoms with van der Waals surface area (Å²) in [6.45, 7) is 1.71. The van der Waals surface area contributed by atoms with Gasteiger partial charge in [-0.25, -0.2) is 12.8 Å². The van der Waals surface area contributed by atoms with Crippen LogP contribution in [-0.2, 0) is 24.3 Å². The molecule has 0 N–H and O–H groups in total. The van der Waals surface area contributed by atoms with Gasteiger partial charge in [0.2, 0.25) is 10.0 Å². The van der Waals surface area contributed by atoms with Crippen LogP contribution in [0.5, 0.6) is 0 Å². The molecule has 2 aliphatic rings. The number of rotatable bonds is 12. The molecule has 1 saturated carbocycles. The lowest BCUT2D eigenvalue weighted by molar-refractivity contribution is -0.180. The Morgan fingerprint density at radius 2 is 1.74 bits per heavy atom. The van der Waals surface area contributed by atoms with Crippen LogP contribution in [0, 0.1) is 5.82 Å². The summed E-state index contributed by atoms with van der Waals surface area (Å²) in [7, 11) is -3.91. The maximum absolute atomic E-state index is 15.2. The van der Waals surface area contributed by atoms with E-state index < -0.39 is 45.4 Å². The van der Waals surface area contributed by atoms with Gasteiger partial charge in [-0.15, -0.1) is 0 Å². The first-order chi connectivity index (χ1) is 20.6. The number of hydrogen-bond donors (Lipinski definition) is 0. The summed E-state index contributed by atoms with van der Waals surface area (Å²) < 4.78 is 50.2. The van der Waals surface area contributed by atoms with Gasteiger partial charge >= 0.3 is 0 Å². The molecular weight excluding hydrogens is 614 g/mol. The SMILES string of the molecule is CCC(CN(c1ccccc1F)S(=O)(=O)C1CC1)N1C(=O)C(CCC=O)OC(c2cccc(Cl)c2)C1c1ccc(Cl)cc1.